The first-order valence-corrected chi connectivity index (χ1v) is 25.7. The van der Waals surface area contributed by atoms with Crippen molar-refractivity contribution in [3.05, 3.63) is 24.3 Å². The van der Waals surface area contributed by atoms with Gasteiger partial charge in [0, 0.05) is 12.2 Å². The van der Waals surface area contributed by atoms with E-state index in [9.17, 15) is 29.4 Å². The smallest absolute Gasteiger partial charge is 0.545 e. The van der Waals surface area contributed by atoms with E-state index in [-0.39, 0.29) is 33.4 Å². The molecule has 304 valence electrons. The van der Waals surface area contributed by atoms with Crippen molar-refractivity contribution in [3.63, 3.8) is 0 Å². The minimum atomic E-state index is -1.38. The van der Waals surface area contributed by atoms with Gasteiger partial charge in [0.1, 0.15) is 12.2 Å². The average Bonchev–Trinajstić information content (AvgIpc) is 3.15. The van der Waals surface area contributed by atoms with E-state index in [4.69, 9.17) is 9.47 Å². The van der Waals surface area contributed by atoms with Crippen LogP contribution in [0.25, 0.3) is 0 Å². The third-order valence-electron chi connectivity index (χ3n) is 9.80. The Hall–Kier alpha value is -1.84. The van der Waals surface area contributed by atoms with E-state index in [1.54, 1.807) is 21.7 Å². The molecular formula is C44H76O8Sn. The fourth-order valence-corrected chi connectivity index (χ4v) is 10.2. The van der Waals surface area contributed by atoms with Crippen LogP contribution in [0.2, 0.25) is 8.87 Å². The summed E-state index contributed by atoms with van der Waals surface area (Å²) in [5.41, 5.74) is 0. The van der Waals surface area contributed by atoms with Gasteiger partial charge in [0.25, 0.3) is 0 Å². The Morgan fingerprint density at radius 3 is 1.02 bits per heavy atom. The maximum atomic E-state index is 11.0. The molecule has 2 fully saturated rings. The molecule has 0 bridgehead atoms. The van der Waals surface area contributed by atoms with Crippen LogP contribution in [0, 0.1) is 0 Å². The van der Waals surface area contributed by atoms with Crippen molar-refractivity contribution in [2.75, 3.05) is 0 Å². The molecule has 0 saturated heterocycles. The van der Waals surface area contributed by atoms with Crippen LogP contribution >= 0.6 is 0 Å². The zero-order valence-electron chi connectivity index (χ0n) is 33.9. The van der Waals surface area contributed by atoms with Gasteiger partial charge in [0.15, 0.2) is 0 Å². The first kappa shape index (κ1) is 51.2. The standard InChI is InChI=1S/2C12H25.2C10H14O4.Sn/c2*1-3-5-7-9-11-12-10-8-6-4-2;2*11-9(12)6-7-10(13)14-8-4-2-1-3-5-8;/h2*1,3-12H2,2H3;2*6-8H,1-5H2,(H,11,12);/q;;;;+2/p-2/b;;2*7-6-;. The number of carbonyl (C=O) groups excluding carboxylic acids is 4. The van der Waals surface area contributed by atoms with Gasteiger partial charge >= 0.3 is 184 Å². The Morgan fingerprint density at radius 1 is 0.453 bits per heavy atom. The minimum absolute atomic E-state index is 0.0377. The Kier molecular flexibility index (Phi) is 38.5. The first-order chi connectivity index (χ1) is 25.8. The maximum absolute atomic E-state index is 11.0. The molecule has 53 heavy (non-hydrogen) atoms. The number of esters is 2. The van der Waals surface area contributed by atoms with Crippen LogP contribution in [-0.2, 0) is 28.7 Å². The quantitative estimate of drug-likeness (QED) is 0.0329. The Balaban J connectivity index is 0.000000819. The number of ether oxygens (including phenoxy) is 2. The van der Waals surface area contributed by atoms with Gasteiger partial charge in [-0.25, -0.2) is 9.59 Å². The van der Waals surface area contributed by atoms with Crippen LogP contribution in [0.1, 0.15) is 206 Å². The Labute approximate surface area is 334 Å². The van der Waals surface area contributed by atoms with Crippen LogP contribution in [0.5, 0.6) is 0 Å². The molecule has 0 unspecified atom stereocenters. The van der Waals surface area contributed by atoms with Gasteiger partial charge in [-0.2, -0.15) is 0 Å². The molecule has 0 amide bonds. The van der Waals surface area contributed by atoms with E-state index in [1.165, 1.54) is 128 Å². The van der Waals surface area contributed by atoms with Gasteiger partial charge in [0.2, 0.25) is 0 Å². The molecular weight excluding hydrogens is 775 g/mol. The van der Waals surface area contributed by atoms with Crippen molar-refractivity contribution in [1.29, 1.82) is 0 Å². The van der Waals surface area contributed by atoms with Gasteiger partial charge in [-0.1, -0.05) is 12.8 Å². The molecule has 8 nitrogen and oxygen atoms in total. The minimum Gasteiger partial charge on any atom is -0.545 e. The monoisotopic (exact) mass is 852 g/mol. The van der Waals surface area contributed by atoms with Crippen molar-refractivity contribution in [1.82, 2.24) is 0 Å². The summed E-state index contributed by atoms with van der Waals surface area (Å²) in [4.78, 5) is 42.0. The third kappa shape index (κ3) is 39.7. The fourth-order valence-electron chi connectivity index (χ4n) is 6.65. The Bertz CT molecular complexity index is 864. The predicted octanol–water partition coefficient (Wildman–Crippen LogP) is 9.71. The molecule has 0 aromatic heterocycles. The van der Waals surface area contributed by atoms with Crippen molar-refractivity contribution in [2.45, 2.75) is 228 Å². The molecule has 2 saturated carbocycles. The summed E-state index contributed by atoms with van der Waals surface area (Å²) in [6.45, 7) is 4.61. The predicted molar refractivity (Wildman–Crippen MR) is 213 cm³/mol. The van der Waals surface area contributed by atoms with Crippen LogP contribution in [0.4, 0.5) is 0 Å². The normalized spacial score (nSPS) is 14.8. The zero-order chi connectivity index (χ0) is 39.0. The van der Waals surface area contributed by atoms with E-state index in [2.05, 4.69) is 13.8 Å². The van der Waals surface area contributed by atoms with Crippen LogP contribution in [-0.4, -0.2) is 57.2 Å². The van der Waals surface area contributed by atoms with Crippen LogP contribution in [0.3, 0.4) is 0 Å². The van der Waals surface area contributed by atoms with Gasteiger partial charge in [-0.3, -0.25) is 0 Å². The number of carbonyl (C=O) groups is 4. The van der Waals surface area contributed by atoms with E-state index in [1.807, 2.05) is 0 Å². The van der Waals surface area contributed by atoms with E-state index in [0.29, 0.717) is 12.2 Å². The molecule has 0 atom stereocenters. The second-order valence-electron chi connectivity index (χ2n) is 14.8. The molecule has 0 aromatic carbocycles. The molecule has 2 rings (SSSR count). The summed E-state index contributed by atoms with van der Waals surface area (Å²) in [5, 5.41) is 20.0. The Morgan fingerprint density at radius 2 is 0.736 bits per heavy atom. The van der Waals surface area contributed by atoms with Gasteiger partial charge in [-0.05, 0) is 63.5 Å². The number of carboxylic acid groups (broad SMARTS) is 2. The SMILES string of the molecule is CCCCCCCCCCC[CH2][Sn+2][CH2]CCCCCCCCCCC.O=C([O-])/C=C\C(=O)OC1CCCCC1.O=C([O-])/C=C\C(=O)OC1CCCCC1. The second-order valence-corrected chi connectivity index (χ2v) is 19.1. The van der Waals surface area contributed by atoms with E-state index >= 15 is 0 Å². The third-order valence-corrected chi connectivity index (χ3v) is 13.8. The van der Waals surface area contributed by atoms with Crippen molar-refractivity contribution >= 4 is 45.0 Å². The van der Waals surface area contributed by atoms with E-state index < -0.39 is 23.9 Å². The number of aliphatic carboxylic acids is 2. The van der Waals surface area contributed by atoms with Gasteiger partial charge in [0.05, 0.1) is 11.9 Å². The molecule has 9 heteroatoms. The zero-order valence-corrected chi connectivity index (χ0v) is 36.7. The molecule has 0 spiro atoms. The van der Waals surface area contributed by atoms with Crippen molar-refractivity contribution in [3.8, 4) is 0 Å². The number of carboxylic acids is 2. The topological polar surface area (TPSA) is 133 Å². The number of unbranched alkanes of at least 4 members (excludes halogenated alkanes) is 18. The molecule has 0 aromatic rings. The summed E-state index contributed by atoms with van der Waals surface area (Å²) >= 11 is 0.0377. The summed E-state index contributed by atoms with van der Waals surface area (Å²) in [5.74, 6) is -3.96. The molecule has 2 aliphatic rings. The fraction of sp³-hybridized carbons (Fsp3) is 0.818. The number of rotatable bonds is 28. The van der Waals surface area contributed by atoms with Crippen molar-refractivity contribution < 1.29 is 38.9 Å². The van der Waals surface area contributed by atoms with E-state index in [0.717, 1.165) is 63.5 Å². The summed E-state index contributed by atoms with van der Waals surface area (Å²) in [6, 6.07) is 0. The molecule has 2 aliphatic carbocycles. The average molecular weight is 852 g/mol. The summed E-state index contributed by atoms with van der Waals surface area (Å²) in [7, 11) is 0. The summed E-state index contributed by atoms with van der Waals surface area (Å²) in [6.07, 6.45) is 43.1. The van der Waals surface area contributed by atoms with Crippen molar-refractivity contribution in [2.24, 2.45) is 0 Å². The molecule has 0 N–H and O–H groups in total. The van der Waals surface area contributed by atoms with Gasteiger partial charge in [-0.15, -0.1) is 0 Å². The number of hydrogen-bond donors (Lipinski definition) is 0. The molecule has 0 heterocycles. The molecule has 0 radical (unpaired) electrons. The molecule has 0 aliphatic heterocycles. The second kappa shape index (κ2) is 39.8. The summed E-state index contributed by atoms with van der Waals surface area (Å²) < 4.78 is 13.4. The number of hydrogen-bond acceptors (Lipinski definition) is 8. The first-order valence-electron chi connectivity index (χ1n) is 21.7. The van der Waals surface area contributed by atoms with Gasteiger partial charge < -0.3 is 29.3 Å². The van der Waals surface area contributed by atoms with Crippen LogP contribution in [0.15, 0.2) is 24.3 Å². The van der Waals surface area contributed by atoms with Crippen LogP contribution < -0.4 is 10.2 Å².